The van der Waals surface area contributed by atoms with Crippen LogP contribution in [0.5, 0.6) is 0 Å². The van der Waals surface area contributed by atoms with Gasteiger partial charge in [0.15, 0.2) is 0 Å². The van der Waals surface area contributed by atoms with Crippen LogP contribution < -0.4 is 4.90 Å². The first-order chi connectivity index (χ1) is 12.1. The molecule has 1 saturated heterocycles. The molecule has 1 heterocycles. The van der Waals surface area contributed by atoms with Crippen LogP contribution in [0.25, 0.3) is 0 Å². The Kier molecular flexibility index (Phi) is 5.08. The lowest BCUT2D eigenvalue weighted by Gasteiger charge is -2.36. The summed E-state index contributed by atoms with van der Waals surface area (Å²) in [7, 11) is 0. The number of benzene rings is 2. The predicted molar refractivity (Wildman–Crippen MR) is 110 cm³/mol. The largest absolute Gasteiger partial charge is 0.369 e. The molecule has 132 valence electrons. The number of anilines is 1. The quantitative estimate of drug-likeness (QED) is 0.660. The molecular formula is C21H24BrClN2. The Balaban J connectivity index is 1.28. The van der Waals surface area contributed by atoms with E-state index in [1.807, 2.05) is 12.1 Å². The molecule has 0 spiro atoms. The maximum atomic E-state index is 6.00. The molecule has 2 fully saturated rings. The van der Waals surface area contributed by atoms with Crippen molar-refractivity contribution in [3.63, 3.8) is 0 Å². The van der Waals surface area contributed by atoms with Gasteiger partial charge in [0.05, 0.1) is 0 Å². The van der Waals surface area contributed by atoms with Crippen molar-refractivity contribution in [1.82, 2.24) is 4.90 Å². The van der Waals surface area contributed by atoms with E-state index < -0.39 is 0 Å². The Bertz CT molecular complexity index is 738. The molecule has 0 bridgehead atoms. The molecule has 0 N–H and O–H groups in total. The van der Waals surface area contributed by atoms with Crippen molar-refractivity contribution in [2.24, 2.45) is 5.92 Å². The molecule has 0 aromatic heterocycles. The molecule has 0 radical (unpaired) electrons. The fourth-order valence-electron chi connectivity index (χ4n) is 3.91. The minimum absolute atomic E-state index is 0.740. The van der Waals surface area contributed by atoms with Crippen LogP contribution in [0.1, 0.15) is 23.5 Å². The third kappa shape index (κ3) is 4.05. The van der Waals surface area contributed by atoms with E-state index in [9.17, 15) is 0 Å². The summed E-state index contributed by atoms with van der Waals surface area (Å²) in [5, 5.41) is 0.834. The molecule has 2 aromatic rings. The zero-order chi connectivity index (χ0) is 17.4. The van der Waals surface area contributed by atoms with Crippen LogP contribution in [0.3, 0.4) is 0 Å². The van der Waals surface area contributed by atoms with Gasteiger partial charge < -0.3 is 4.90 Å². The average molecular weight is 420 g/mol. The predicted octanol–water partition coefficient (Wildman–Crippen LogP) is 5.34. The minimum atomic E-state index is 0.740. The van der Waals surface area contributed by atoms with Crippen molar-refractivity contribution in [1.29, 1.82) is 0 Å². The molecule has 25 heavy (non-hydrogen) atoms. The fourth-order valence-corrected chi connectivity index (χ4v) is 4.29. The summed E-state index contributed by atoms with van der Waals surface area (Å²) < 4.78 is 1.19. The highest BCUT2D eigenvalue weighted by molar-refractivity contribution is 9.10. The number of rotatable bonds is 4. The second-order valence-corrected chi connectivity index (χ2v) is 8.67. The van der Waals surface area contributed by atoms with Crippen molar-refractivity contribution >= 4 is 33.2 Å². The molecule has 2 nitrogen and oxygen atoms in total. The van der Waals surface area contributed by atoms with Crippen molar-refractivity contribution in [2.45, 2.75) is 19.3 Å². The maximum Gasteiger partial charge on any atom is 0.0406 e. The SMILES string of the molecule is Cc1cc(N2CCN(C[C@H]3C[C@@H]3c3ccc(Cl)cc3)CC2)ccc1Br. The van der Waals surface area contributed by atoms with E-state index in [0.717, 1.165) is 29.9 Å². The zero-order valence-corrected chi connectivity index (χ0v) is 16.9. The molecule has 0 unspecified atom stereocenters. The molecule has 1 aliphatic heterocycles. The number of hydrogen-bond acceptors (Lipinski definition) is 2. The Hall–Kier alpha value is -1.03. The van der Waals surface area contributed by atoms with Gasteiger partial charge in [-0.05, 0) is 66.6 Å². The summed E-state index contributed by atoms with van der Waals surface area (Å²) in [5.74, 6) is 1.56. The lowest BCUT2D eigenvalue weighted by atomic mass is 10.1. The summed E-state index contributed by atoms with van der Waals surface area (Å²) in [5.41, 5.74) is 4.12. The van der Waals surface area contributed by atoms with E-state index in [4.69, 9.17) is 11.6 Å². The lowest BCUT2D eigenvalue weighted by Crippen LogP contribution is -2.47. The summed E-state index contributed by atoms with van der Waals surface area (Å²) in [4.78, 5) is 5.16. The monoisotopic (exact) mass is 418 g/mol. The molecule has 4 rings (SSSR count). The van der Waals surface area contributed by atoms with Crippen molar-refractivity contribution in [2.75, 3.05) is 37.6 Å². The van der Waals surface area contributed by atoms with E-state index in [2.05, 4.69) is 63.0 Å². The third-order valence-corrected chi connectivity index (χ3v) is 6.73. The molecule has 1 aliphatic carbocycles. The van der Waals surface area contributed by atoms with Gasteiger partial charge in [0, 0.05) is 47.9 Å². The number of nitrogens with zero attached hydrogens (tertiary/aromatic N) is 2. The summed E-state index contributed by atoms with van der Waals surface area (Å²) >= 11 is 9.59. The van der Waals surface area contributed by atoms with Crippen LogP contribution in [0.2, 0.25) is 5.02 Å². The van der Waals surface area contributed by atoms with E-state index in [-0.39, 0.29) is 0 Å². The highest BCUT2D eigenvalue weighted by Crippen LogP contribution is 2.48. The minimum Gasteiger partial charge on any atom is -0.369 e. The van der Waals surface area contributed by atoms with Crippen LogP contribution >= 0.6 is 27.5 Å². The van der Waals surface area contributed by atoms with Crippen molar-refractivity contribution in [3.8, 4) is 0 Å². The van der Waals surface area contributed by atoms with Crippen LogP contribution in [0, 0.1) is 12.8 Å². The second kappa shape index (κ2) is 7.30. The summed E-state index contributed by atoms with van der Waals surface area (Å²) in [6.07, 6.45) is 1.33. The third-order valence-electron chi connectivity index (χ3n) is 5.59. The van der Waals surface area contributed by atoms with Gasteiger partial charge >= 0.3 is 0 Å². The molecule has 2 atom stereocenters. The molecule has 2 aliphatic rings. The Labute approximate surface area is 163 Å². The number of halogens is 2. The van der Waals surface area contributed by atoms with Crippen molar-refractivity contribution in [3.05, 3.63) is 63.1 Å². The first kappa shape index (κ1) is 17.4. The van der Waals surface area contributed by atoms with Gasteiger partial charge in [-0.2, -0.15) is 0 Å². The van der Waals surface area contributed by atoms with Gasteiger partial charge in [-0.25, -0.2) is 0 Å². The molecule has 0 amide bonds. The number of hydrogen-bond donors (Lipinski definition) is 0. The average Bonchev–Trinajstić information content (AvgIpc) is 3.38. The number of piperazine rings is 1. The number of aryl methyl sites for hydroxylation is 1. The Morgan fingerprint density at radius 3 is 2.44 bits per heavy atom. The van der Waals surface area contributed by atoms with E-state index in [0.29, 0.717) is 0 Å². The van der Waals surface area contributed by atoms with Gasteiger partial charge in [-0.3, -0.25) is 4.90 Å². The van der Waals surface area contributed by atoms with Crippen molar-refractivity contribution < 1.29 is 0 Å². The Morgan fingerprint density at radius 1 is 1.04 bits per heavy atom. The fraction of sp³-hybridized carbons (Fsp3) is 0.429. The van der Waals surface area contributed by atoms with Crippen LogP contribution in [0.15, 0.2) is 46.9 Å². The molecule has 1 saturated carbocycles. The highest BCUT2D eigenvalue weighted by atomic mass is 79.9. The first-order valence-electron chi connectivity index (χ1n) is 9.09. The molecular weight excluding hydrogens is 396 g/mol. The lowest BCUT2D eigenvalue weighted by molar-refractivity contribution is 0.246. The van der Waals surface area contributed by atoms with Gasteiger partial charge in [0.2, 0.25) is 0 Å². The standard InChI is InChI=1S/C21H24BrClN2/c1-15-12-19(6-7-21(15)22)25-10-8-24(9-11-25)14-17-13-20(17)16-2-4-18(23)5-3-16/h2-7,12,17,20H,8-11,13-14H2,1H3/t17-,20-/m1/s1. The normalized spacial score (nSPS) is 23.7. The molecule has 2 aromatic carbocycles. The van der Waals surface area contributed by atoms with Gasteiger partial charge in [0.1, 0.15) is 0 Å². The molecule has 4 heteroatoms. The van der Waals surface area contributed by atoms with E-state index >= 15 is 0 Å². The highest BCUT2D eigenvalue weighted by Gasteiger charge is 2.39. The summed E-state index contributed by atoms with van der Waals surface area (Å²) in [6, 6.07) is 15.1. The topological polar surface area (TPSA) is 6.48 Å². The maximum absolute atomic E-state index is 6.00. The van der Waals surface area contributed by atoms with Crippen LogP contribution in [0.4, 0.5) is 5.69 Å². The van der Waals surface area contributed by atoms with Gasteiger partial charge in [-0.1, -0.05) is 39.7 Å². The smallest absolute Gasteiger partial charge is 0.0406 e. The summed E-state index contributed by atoms with van der Waals surface area (Å²) in [6.45, 7) is 7.98. The zero-order valence-electron chi connectivity index (χ0n) is 14.6. The van der Waals surface area contributed by atoms with Gasteiger partial charge in [-0.15, -0.1) is 0 Å². The second-order valence-electron chi connectivity index (χ2n) is 7.37. The van der Waals surface area contributed by atoms with Gasteiger partial charge in [0.25, 0.3) is 0 Å². The first-order valence-corrected chi connectivity index (χ1v) is 10.3. The van der Waals surface area contributed by atoms with E-state index in [1.165, 1.54) is 47.3 Å². The Morgan fingerprint density at radius 2 is 1.76 bits per heavy atom. The van der Waals surface area contributed by atoms with Crippen LogP contribution in [-0.4, -0.2) is 37.6 Å². The van der Waals surface area contributed by atoms with E-state index in [1.54, 1.807) is 0 Å². The van der Waals surface area contributed by atoms with Crippen LogP contribution in [-0.2, 0) is 0 Å².